The van der Waals surface area contributed by atoms with Crippen molar-refractivity contribution < 1.29 is 19.4 Å². The predicted molar refractivity (Wildman–Crippen MR) is 78.0 cm³/mol. The fourth-order valence-electron chi connectivity index (χ4n) is 2.64. The number of rotatable bonds is 4. The molecule has 0 aromatic heterocycles. The van der Waals surface area contributed by atoms with Crippen LogP contribution in [0.25, 0.3) is 0 Å². The molecular formula is C16H21NO4. The molecule has 2 rings (SSSR count). The van der Waals surface area contributed by atoms with E-state index < -0.39 is 5.97 Å². The summed E-state index contributed by atoms with van der Waals surface area (Å²) in [6, 6.07) is 6.03. The second-order valence-electron chi connectivity index (χ2n) is 5.27. The van der Waals surface area contributed by atoms with E-state index in [1.807, 2.05) is 4.90 Å². The second-order valence-corrected chi connectivity index (χ2v) is 5.27. The van der Waals surface area contributed by atoms with Crippen molar-refractivity contribution in [3.8, 4) is 5.75 Å². The van der Waals surface area contributed by atoms with Gasteiger partial charge >= 0.3 is 5.97 Å². The number of phenolic OH excluding ortho intramolecular Hbond substituents is 1. The van der Waals surface area contributed by atoms with Gasteiger partial charge in [-0.1, -0.05) is 6.92 Å². The summed E-state index contributed by atoms with van der Waals surface area (Å²) in [4.78, 5) is 25.8. The van der Waals surface area contributed by atoms with Gasteiger partial charge in [0.25, 0.3) is 5.91 Å². The van der Waals surface area contributed by atoms with Gasteiger partial charge in [-0.15, -0.1) is 0 Å². The van der Waals surface area contributed by atoms with Crippen LogP contribution < -0.4 is 0 Å². The molecule has 0 saturated carbocycles. The largest absolute Gasteiger partial charge is 0.508 e. The van der Waals surface area contributed by atoms with Crippen molar-refractivity contribution in [3.05, 3.63) is 29.8 Å². The van der Waals surface area contributed by atoms with E-state index in [9.17, 15) is 14.7 Å². The van der Waals surface area contributed by atoms with Crippen molar-refractivity contribution in [1.29, 1.82) is 0 Å². The van der Waals surface area contributed by atoms with Crippen molar-refractivity contribution >= 4 is 11.9 Å². The van der Waals surface area contributed by atoms with Gasteiger partial charge < -0.3 is 14.7 Å². The quantitative estimate of drug-likeness (QED) is 0.865. The number of amides is 1. The van der Waals surface area contributed by atoms with E-state index >= 15 is 0 Å². The first-order chi connectivity index (χ1) is 10.1. The van der Waals surface area contributed by atoms with Crippen molar-refractivity contribution in [2.75, 3.05) is 13.2 Å². The van der Waals surface area contributed by atoms with Crippen LogP contribution in [0, 0.1) is 0 Å². The number of aromatic hydroxyl groups is 1. The van der Waals surface area contributed by atoms with E-state index in [1.54, 1.807) is 0 Å². The van der Waals surface area contributed by atoms with Gasteiger partial charge in [0.05, 0.1) is 5.56 Å². The van der Waals surface area contributed by atoms with Crippen LogP contribution in [-0.2, 0) is 9.53 Å². The normalized spacial score (nSPS) is 18.3. The molecule has 114 valence electrons. The molecule has 0 aliphatic carbocycles. The van der Waals surface area contributed by atoms with Crippen LogP contribution in [0.2, 0.25) is 0 Å². The Morgan fingerprint density at radius 1 is 1.29 bits per heavy atom. The third-order valence-electron chi connectivity index (χ3n) is 3.85. The Morgan fingerprint density at radius 2 is 2.00 bits per heavy atom. The average molecular weight is 291 g/mol. The number of likely N-dealkylation sites (tertiary alicyclic amines) is 1. The highest BCUT2D eigenvalue weighted by atomic mass is 16.5. The first-order valence-electron chi connectivity index (χ1n) is 7.37. The van der Waals surface area contributed by atoms with Crippen LogP contribution in [0.5, 0.6) is 5.75 Å². The van der Waals surface area contributed by atoms with Gasteiger partial charge in [0, 0.05) is 12.6 Å². The SMILES string of the molecule is CCC1CCCCN1C(=O)COC(=O)c1ccc(O)cc1. The molecule has 1 aliphatic rings. The number of piperidine rings is 1. The van der Waals surface area contributed by atoms with E-state index in [-0.39, 0.29) is 24.3 Å². The summed E-state index contributed by atoms with van der Waals surface area (Å²) in [7, 11) is 0. The smallest absolute Gasteiger partial charge is 0.338 e. The highest BCUT2D eigenvalue weighted by Crippen LogP contribution is 2.19. The molecule has 5 nitrogen and oxygen atoms in total. The fourth-order valence-corrected chi connectivity index (χ4v) is 2.64. The monoisotopic (exact) mass is 291 g/mol. The lowest BCUT2D eigenvalue weighted by Crippen LogP contribution is -2.45. The van der Waals surface area contributed by atoms with E-state index in [0.717, 1.165) is 32.2 Å². The summed E-state index contributed by atoms with van der Waals surface area (Å²) >= 11 is 0. The van der Waals surface area contributed by atoms with Gasteiger partial charge in [0.1, 0.15) is 5.75 Å². The molecule has 0 bridgehead atoms. The number of hydrogen-bond acceptors (Lipinski definition) is 4. The molecule has 0 radical (unpaired) electrons. The van der Waals surface area contributed by atoms with E-state index in [0.29, 0.717) is 5.56 Å². The Bertz CT molecular complexity index is 498. The predicted octanol–water partition coefficient (Wildman–Crippen LogP) is 2.34. The number of phenols is 1. The minimum absolute atomic E-state index is 0.0849. The van der Waals surface area contributed by atoms with Crippen molar-refractivity contribution in [1.82, 2.24) is 4.90 Å². The third kappa shape index (κ3) is 3.97. The molecule has 5 heteroatoms. The van der Waals surface area contributed by atoms with Crippen LogP contribution in [0.1, 0.15) is 43.0 Å². The third-order valence-corrected chi connectivity index (χ3v) is 3.85. The molecule has 1 aromatic rings. The molecule has 1 amide bonds. The fraction of sp³-hybridized carbons (Fsp3) is 0.500. The number of nitrogens with zero attached hydrogens (tertiary/aromatic N) is 1. The number of ether oxygens (including phenoxy) is 1. The molecule has 1 atom stereocenters. The molecule has 1 unspecified atom stereocenters. The van der Waals surface area contributed by atoms with Crippen LogP contribution in [0.4, 0.5) is 0 Å². The summed E-state index contributed by atoms with van der Waals surface area (Å²) in [6.07, 6.45) is 4.11. The van der Waals surface area contributed by atoms with Crippen molar-refractivity contribution in [3.63, 3.8) is 0 Å². The maximum Gasteiger partial charge on any atom is 0.338 e. The molecule has 0 spiro atoms. The maximum atomic E-state index is 12.2. The van der Waals surface area contributed by atoms with Gasteiger partial charge in [0.15, 0.2) is 6.61 Å². The zero-order chi connectivity index (χ0) is 15.2. The summed E-state index contributed by atoms with van der Waals surface area (Å²) in [6.45, 7) is 2.59. The molecule has 1 heterocycles. The molecule has 1 fully saturated rings. The molecule has 21 heavy (non-hydrogen) atoms. The van der Waals surface area contributed by atoms with Gasteiger partial charge in [-0.2, -0.15) is 0 Å². The van der Waals surface area contributed by atoms with E-state index in [1.165, 1.54) is 24.3 Å². The molecular weight excluding hydrogens is 270 g/mol. The van der Waals surface area contributed by atoms with Crippen LogP contribution >= 0.6 is 0 Å². The number of esters is 1. The van der Waals surface area contributed by atoms with Crippen LogP contribution in [0.3, 0.4) is 0 Å². The van der Waals surface area contributed by atoms with Gasteiger partial charge in [-0.3, -0.25) is 4.79 Å². The van der Waals surface area contributed by atoms with Gasteiger partial charge in [-0.05, 0) is 49.9 Å². The summed E-state index contributed by atoms with van der Waals surface area (Å²) in [5.74, 6) is -0.594. The Labute approximate surface area is 124 Å². The molecule has 1 aromatic carbocycles. The Kier molecular flexibility index (Phi) is 5.20. The van der Waals surface area contributed by atoms with E-state index in [2.05, 4.69) is 6.92 Å². The summed E-state index contributed by atoms with van der Waals surface area (Å²) in [5, 5.41) is 9.17. The second kappa shape index (κ2) is 7.11. The van der Waals surface area contributed by atoms with Crippen molar-refractivity contribution in [2.24, 2.45) is 0 Å². The number of hydrogen-bond donors (Lipinski definition) is 1. The Hall–Kier alpha value is -2.04. The highest BCUT2D eigenvalue weighted by Gasteiger charge is 2.25. The van der Waals surface area contributed by atoms with Crippen LogP contribution in [0.15, 0.2) is 24.3 Å². The topological polar surface area (TPSA) is 66.8 Å². The zero-order valence-electron chi connectivity index (χ0n) is 12.2. The van der Waals surface area contributed by atoms with Gasteiger partial charge in [0.2, 0.25) is 0 Å². The number of carbonyl (C=O) groups is 2. The van der Waals surface area contributed by atoms with Gasteiger partial charge in [-0.25, -0.2) is 4.79 Å². The highest BCUT2D eigenvalue weighted by molar-refractivity contribution is 5.91. The molecule has 1 saturated heterocycles. The van der Waals surface area contributed by atoms with Crippen molar-refractivity contribution in [2.45, 2.75) is 38.6 Å². The summed E-state index contributed by atoms with van der Waals surface area (Å²) < 4.78 is 5.06. The lowest BCUT2D eigenvalue weighted by atomic mass is 10.00. The minimum Gasteiger partial charge on any atom is -0.508 e. The standard InChI is InChI=1S/C16H21NO4/c1-2-13-5-3-4-10-17(13)15(19)11-21-16(20)12-6-8-14(18)9-7-12/h6-9,13,18H,2-5,10-11H2,1H3. The maximum absolute atomic E-state index is 12.2. The average Bonchev–Trinajstić information content (AvgIpc) is 2.52. The van der Waals surface area contributed by atoms with E-state index in [4.69, 9.17) is 4.74 Å². The van der Waals surface area contributed by atoms with Crippen LogP contribution in [-0.4, -0.2) is 41.1 Å². The number of carbonyl (C=O) groups excluding carboxylic acids is 2. The first-order valence-corrected chi connectivity index (χ1v) is 7.37. The Balaban J connectivity index is 1.88. The zero-order valence-corrected chi connectivity index (χ0v) is 12.2. The lowest BCUT2D eigenvalue weighted by Gasteiger charge is -2.35. The number of benzene rings is 1. The first kappa shape index (κ1) is 15.4. The Morgan fingerprint density at radius 3 is 2.67 bits per heavy atom. The minimum atomic E-state index is -0.548. The molecule has 1 aliphatic heterocycles. The summed E-state index contributed by atoms with van der Waals surface area (Å²) in [5.41, 5.74) is 0.325. The lowest BCUT2D eigenvalue weighted by molar-refractivity contribution is -0.138. The molecule has 1 N–H and O–H groups in total.